The standard InChI is InChI=1S/C12H20N4O/c1-8-11(13)14-9(2)15-12(8)17-10-4-6-16(3)7-5-10/h10H,4-7H2,1-3H3,(H2,13,14,15). The van der Waals surface area contributed by atoms with Crippen LogP contribution < -0.4 is 10.5 Å². The molecule has 17 heavy (non-hydrogen) atoms. The second-order valence-corrected chi connectivity index (χ2v) is 4.71. The smallest absolute Gasteiger partial charge is 0.222 e. The lowest BCUT2D eigenvalue weighted by Gasteiger charge is -2.29. The highest BCUT2D eigenvalue weighted by atomic mass is 16.5. The van der Waals surface area contributed by atoms with Crippen LogP contribution in [0.15, 0.2) is 0 Å². The maximum atomic E-state index is 5.94. The molecule has 0 bridgehead atoms. The Kier molecular flexibility index (Phi) is 3.47. The van der Waals surface area contributed by atoms with E-state index in [0.717, 1.165) is 31.5 Å². The molecule has 0 unspecified atom stereocenters. The van der Waals surface area contributed by atoms with E-state index in [1.165, 1.54) is 0 Å². The number of hydrogen-bond acceptors (Lipinski definition) is 5. The first-order chi connectivity index (χ1) is 8.06. The number of anilines is 1. The molecule has 1 saturated heterocycles. The first-order valence-electron chi connectivity index (χ1n) is 6.02. The van der Waals surface area contributed by atoms with Crippen LogP contribution in [0, 0.1) is 13.8 Å². The Morgan fingerprint density at radius 3 is 2.53 bits per heavy atom. The Bertz CT molecular complexity index is 400. The predicted molar refractivity (Wildman–Crippen MR) is 67.1 cm³/mol. The minimum absolute atomic E-state index is 0.249. The van der Waals surface area contributed by atoms with Crippen LogP contribution in [0.1, 0.15) is 24.2 Å². The highest BCUT2D eigenvalue weighted by molar-refractivity contribution is 5.44. The zero-order valence-electron chi connectivity index (χ0n) is 10.7. The van der Waals surface area contributed by atoms with Crippen molar-refractivity contribution in [1.29, 1.82) is 0 Å². The third kappa shape index (κ3) is 2.85. The van der Waals surface area contributed by atoms with E-state index in [9.17, 15) is 0 Å². The highest BCUT2D eigenvalue weighted by Gasteiger charge is 2.20. The molecular weight excluding hydrogens is 216 g/mol. The number of ether oxygens (including phenoxy) is 1. The van der Waals surface area contributed by atoms with E-state index in [4.69, 9.17) is 10.5 Å². The number of nitrogens with zero attached hydrogens (tertiary/aromatic N) is 3. The summed E-state index contributed by atoms with van der Waals surface area (Å²) in [6, 6.07) is 0. The summed E-state index contributed by atoms with van der Waals surface area (Å²) in [5.41, 5.74) is 6.65. The average Bonchev–Trinajstić information content (AvgIpc) is 2.28. The Labute approximate surface area is 102 Å². The largest absolute Gasteiger partial charge is 0.474 e. The van der Waals surface area contributed by atoms with Crippen LogP contribution >= 0.6 is 0 Å². The summed E-state index contributed by atoms with van der Waals surface area (Å²) >= 11 is 0. The number of aromatic nitrogens is 2. The summed E-state index contributed by atoms with van der Waals surface area (Å²) in [4.78, 5) is 10.7. The van der Waals surface area contributed by atoms with E-state index >= 15 is 0 Å². The Morgan fingerprint density at radius 2 is 1.88 bits per heavy atom. The minimum Gasteiger partial charge on any atom is -0.474 e. The Balaban J connectivity index is 2.08. The number of piperidine rings is 1. The van der Waals surface area contributed by atoms with Crippen LogP contribution in [-0.4, -0.2) is 41.1 Å². The van der Waals surface area contributed by atoms with E-state index < -0.39 is 0 Å². The number of aryl methyl sites for hydroxylation is 1. The van der Waals surface area contributed by atoms with E-state index in [1.807, 2.05) is 13.8 Å². The highest BCUT2D eigenvalue weighted by Crippen LogP contribution is 2.23. The lowest BCUT2D eigenvalue weighted by atomic mass is 10.1. The molecule has 0 radical (unpaired) electrons. The summed E-state index contributed by atoms with van der Waals surface area (Å²) in [5, 5.41) is 0. The van der Waals surface area contributed by atoms with E-state index in [0.29, 0.717) is 17.5 Å². The maximum Gasteiger partial charge on any atom is 0.222 e. The van der Waals surface area contributed by atoms with Gasteiger partial charge in [0.15, 0.2) is 0 Å². The van der Waals surface area contributed by atoms with Crippen LogP contribution in [-0.2, 0) is 0 Å². The number of hydrogen-bond donors (Lipinski definition) is 1. The average molecular weight is 236 g/mol. The van der Waals surface area contributed by atoms with Crippen molar-refractivity contribution in [3.05, 3.63) is 11.4 Å². The fraction of sp³-hybridized carbons (Fsp3) is 0.667. The Morgan fingerprint density at radius 1 is 1.24 bits per heavy atom. The van der Waals surface area contributed by atoms with Gasteiger partial charge in [-0.15, -0.1) is 0 Å². The Hall–Kier alpha value is -1.36. The van der Waals surface area contributed by atoms with Crippen molar-refractivity contribution in [3.8, 4) is 5.88 Å². The first-order valence-corrected chi connectivity index (χ1v) is 6.02. The topological polar surface area (TPSA) is 64.3 Å². The van der Waals surface area contributed by atoms with E-state index in [1.54, 1.807) is 0 Å². The molecule has 1 aliphatic heterocycles. The lowest BCUT2D eigenvalue weighted by Crippen LogP contribution is -2.36. The van der Waals surface area contributed by atoms with Gasteiger partial charge in [-0.2, -0.15) is 4.98 Å². The molecule has 0 saturated carbocycles. The monoisotopic (exact) mass is 236 g/mol. The zero-order valence-corrected chi connectivity index (χ0v) is 10.7. The molecule has 0 atom stereocenters. The van der Waals surface area contributed by atoms with Gasteiger partial charge in [0.25, 0.3) is 0 Å². The number of likely N-dealkylation sites (tertiary alicyclic amines) is 1. The van der Waals surface area contributed by atoms with Gasteiger partial charge in [-0.1, -0.05) is 0 Å². The first kappa shape index (κ1) is 12.1. The fourth-order valence-electron chi connectivity index (χ4n) is 2.00. The summed E-state index contributed by atoms with van der Waals surface area (Å²) in [7, 11) is 2.13. The number of rotatable bonds is 2. The molecule has 0 amide bonds. The molecule has 0 aromatic carbocycles. The lowest BCUT2D eigenvalue weighted by molar-refractivity contribution is 0.109. The van der Waals surface area contributed by atoms with Gasteiger partial charge >= 0.3 is 0 Å². The minimum atomic E-state index is 0.249. The van der Waals surface area contributed by atoms with Crippen LogP contribution in [0.5, 0.6) is 5.88 Å². The fourth-order valence-corrected chi connectivity index (χ4v) is 2.00. The number of nitrogens with two attached hydrogens (primary N) is 1. The predicted octanol–water partition coefficient (Wildman–Crippen LogP) is 1.15. The van der Waals surface area contributed by atoms with Gasteiger partial charge in [-0.05, 0) is 33.7 Å². The van der Waals surface area contributed by atoms with Crippen LogP contribution in [0.3, 0.4) is 0 Å². The third-order valence-corrected chi connectivity index (χ3v) is 3.19. The molecule has 1 aromatic heterocycles. The summed E-state index contributed by atoms with van der Waals surface area (Å²) < 4.78 is 5.94. The molecule has 0 aliphatic carbocycles. The van der Waals surface area contributed by atoms with Crippen molar-refractivity contribution in [3.63, 3.8) is 0 Å². The van der Waals surface area contributed by atoms with Gasteiger partial charge in [-0.3, -0.25) is 0 Å². The molecule has 5 nitrogen and oxygen atoms in total. The summed E-state index contributed by atoms with van der Waals surface area (Å²) in [5.74, 6) is 1.82. The second kappa shape index (κ2) is 4.87. The number of nitrogen functional groups attached to an aromatic ring is 1. The second-order valence-electron chi connectivity index (χ2n) is 4.71. The van der Waals surface area contributed by atoms with Crippen LogP contribution in [0.4, 0.5) is 5.82 Å². The molecule has 2 N–H and O–H groups in total. The van der Waals surface area contributed by atoms with Crippen LogP contribution in [0.2, 0.25) is 0 Å². The van der Waals surface area contributed by atoms with Gasteiger partial charge in [0.05, 0.1) is 5.56 Å². The van der Waals surface area contributed by atoms with Crippen molar-refractivity contribution < 1.29 is 4.74 Å². The van der Waals surface area contributed by atoms with Gasteiger partial charge in [0.1, 0.15) is 17.7 Å². The molecular formula is C12H20N4O. The molecule has 1 fully saturated rings. The third-order valence-electron chi connectivity index (χ3n) is 3.19. The van der Waals surface area contributed by atoms with Gasteiger partial charge < -0.3 is 15.4 Å². The van der Waals surface area contributed by atoms with Crippen molar-refractivity contribution in [2.24, 2.45) is 0 Å². The summed E-state index contributed by atoms with van der Waals surface area (Å²) in [6.07, 6.45) is 2.33. The normalized spacial score (nSPS) is 18.3. The molecule has 5 heteroatoms. The van der Waals surface area contributed by atoms with Crippen LogP contribution in [0.25, 0.3) is 0 Å². The van der Waals surface area contributed by atoms with E-state index in [-0.39, 0.29) is 6.10 Å². The van der Waals surface area contributed by atoms with Gasteiger partial charge in [-0.25, -0.2) is 4.98 Å². The quantitative estimate of drug-likeness (QED) is 0.834. The van der Waals surface area contributed by atoms with Gasteiger partial charge in [0.2, 0.25) is 5.88 Å². The van der Waals surface area contributed by atoms with Crippen molar-refractivity contribution in [1.82, 2.24) is 14.9 Å². The maximum absolute atomic E-state index is 5.94. The van der Waals surface area contributed by atoms with Crippen molar-refractivity contribution in [2.75, 3.05) is 25.9 Å². The summed E-state index contributed by atoms with van der Waals surface area (Å²) in [6.45, 7) is 5.88. The molecule has 1 aliphatic rings. The van der Waals surface area contributed by atoms with Crippen molar-refractivity contribution in [2.45, 2.75) is 32.8 Å². The molecule has 2 heterocycles. The molecule has 0 spiro atoms. The van der Waals surface area contributed by atoms with Gasteiger partial charge in [0, 0.05) is 13.1 Å². The van der Waals surface area contributed by atoms with Crippen molar-refractivity contribution >= 4 is 5.82 Å². The molecule has 2 rings (SSSR count). The molecule has 94 valence electrons. The molecule has 1 aromatic rings. The van der Waals surface area contributed by atoms with E-state index in [2.05, 4.69) is 21.9 Å². The SMILES string of the molecule is Cc1nc(N)c(C)c(OC2CCN(C)CC2)n1. The zero-order chi connectivity index (χ0) is 12.4.